The normalized spacial score (nSPS) is 16.2. The molecule has 1 saturated heterocycles. The van der Waals surface area contributed by atoms with Crippen LogP contribution in [0.5, 0.6) is 0 Å². The lowest BCUT2D eigenvalue weighted by molar-refractivity contribution is -0.140. The number of benzene rings is 2. The monoisotopic (exact) mass is 671 g/mol. The topological polar surface area (TPSA) is 275 Å². The van der Waals surface area contributed by atoms with Crippen molar-refractivity contribution in [3.8, 4) is 0 Å². The van der Waals surface area contributed by atoms with E-state index in [0.29, 0.717) is 64.3 Å². The van der Waals surface area contributed by atoms with Gasteiger partial charge in [-0.3, -0.25) is 24.1 Å². The maximum absolute atomic E-state index is 13.0. The number of hydrogen-bond donors (Lipinski definition) is 8. The number of hydrogen-bond acceptors (Lipinski definition) is 9. The van der Waals surface area contributed by atoms with E-state index in [2.05, 4.69) is 15.4 Å². The summed E-state index contributed by atoms with van der Waals surface area (Å²) in [5.74, 6) is -0.883. The van der Waals surface area contributed by atoms with Crippen molar-refractivity contribution in [2.24, 2.45) is 11.5 Å². The first-order chi connectivity index (χ1) is 21.1. The zero-order valence-corrected chi connectivity index (χ0v) is 26.2. The molecule has 1 fully saturated rings. The molecule has 2 aromatic rings. The lowest BCUT2D eigenvalue weighted by atomic mass is 10.1. The van der Waals surface area contributed by atoms with Crippen LogP contribution in [-0.4, -0.2) is 92.7 Å². The van der Waals surface area contributed by atoms with Crippen molar-refractivity contribution >= 4 is 55.3 Å². The Kier molecular flexibility index (Phi) is 14.8. The SMILES string of the molecule is N=C(N)NCCC[C@@H](C=O)NC(=O)[C@@H]1CCCN1C(=O)[C@H](N)CCCCNS(=O)(=O)c1ccc2ccccc2c1.O=S(=O)(O)O. The maximum Gasteiger partial charge on any atom is 0.394 e. The van der Waals surface area contributed by atoms with Gasteiger partial charge in [-0.2, -0.15) is 8.42 Å². The van der Waals surface area contributed by atoms with Gasteiger partial charge in [0.05, 0.1) is 17.0 Å². The number of carbonyl (C=O) groups is 3. The Morgan fingerprint density at radius 2 is 1.69 bits per heavy atom. The lowest BCUT2D eigenvalue weighted by Gasteiger charge is -2.27. The first kappa shape index (κ1) is 37.5. The molecule has 45 heavy (non-hydrogen) atoms. The van der Waals surface area contributed by atoms with E-state index >= 15 is 0 Å². The Labute approximate surface area is 262 Å². The highest BCUT2D eigenvalue weighted by molar-refractivity contribution is 7.89. The zero-order valence-electron chi connectivity index (χ0n) is 24.6. The van der Waals surface area contributed by atoms with E-state index in [-0.39, 0.29) is 23.3 Å². The van der Waals surface area contributed by atoms with Crippen LogP contribution in [0.15, 0.2) is 47.4 Å². The van der Waals surface area contributed by atoms with Crippen LogP contribution in [0.3, 0.4) is 0 Å². The van der Waals surface area contributed by atoms with Crippen LogP contribution in [0.25, 0.3) is 10.8 Å². The summed E-state index contributed by atoms with van der Waals surface area (Å²) in [6, 6.07) is 10.3. The Balaban J connectivity index is 0.00000130. The predicted molar refractivity (Wildman–Crippen MR) is 167 cm³/mol. The number of unbranched alkanes of at least 4 members (excludes halogenated alkanes) is 1. The van der Waals surface area contributed by atoms with E-state index in [9.17, 15) is 22.8 Å². The number of amides is 2. The van der Waals surface area contributed by atoms with Crippen LogP contribution in [0.4, 0.5) is 0 Å². The van der Waals surface area contributed by atoms with Crippen LogP contribution < -0.4 is 26.8 Å². The summed E-state index contributed by atoms with van der Waals surface area (Å²) in [4.78, 5) is 38.9. The summed E-state index contributed by atoms with van der Waals surface area (Å²) in [6.07, 6.45) is 4.07. The number of guanidine groups is 1. The molecular formula is C27H41N7O9S2. The molecule has 3 rings (SSSR count). The van der Waals surface area contributed by atoms with Gasteiger partial charge in [0.1, 0.15) is 12.3 Å². The van der Waals surface area contributed by atoms with Crippen LogP contribution in [0.1, 0.15) is 44.9 Å². The summed E-state index contributed by atoms with van der Waals surface area (Å²) in [7, 11) is -8.33. The predicted octanol–water partition coefficient (Wildman–Crippen LogP) is -0.0991. The molecule has 2 amide bonds. The molecule has 16 nitrogen and oxygen atoms in total. The average molecular weight is 672 g/mol. The van der Waals surface area contributed by atoms with Crippen molar-refractivity contribution < 1.29 is 40.3 Å². The van der Waals surface area contributed by atoms with Crippen molar-refractivity contribution in [3.63, 3.8) is 0 Å². The highest BCUT2D eigenvalue weighted by Crippen LogP contribution is 2.21. The van der Waals surface area contributed by atoms with Gasteiger partial charge in [-0.1, -0.05) is 36.8 Å². The minimum atomic E-state index is -4.67. The third kappa shape index (κ3) is 13.5. The van der Waals surface area contributed by atoms with Crippen LogP contribution in [-0.2, 0) is 34.8 Å². The second kappa shape index (κ2) is 17.7. The van der Waals surface area contributed by atoms with E-state index in [1.807, 2.05) is 24.3 Å². The minimum absolute atomic E-state index is 0.162. The number of likely N-dealkylation sites (tertiary alicyclic amines) is 1. The molecule has 0 spiro atoms. The zero-order chi connectivity index (χ0) is 33.6. The summed E-state index contributed by atoms with van der Waals surface area (Å²) < 4.78 is 59.5. The largest absolute Gasteiger partial charge is 0.394 e. The van der Waals surface area contributed by atoms with E-state index in [4.69, 9.17) is 34.4 Å². The van der Waals surface area contributed by atoms with Crippen LogP contribution in [0, 0.1) is 5.41 Å². The maximum atomic E-state index is 13.0. The van der Waals surface area contributed by atoms with Gasteiger partial charge in [0.15, 0.2) is 5.96 Å². The van der Waals surface area contributed by atoms with Gasteiger partial charge < -0.3 is 31.8 Å². The third-order valence-electron chi connectivity index (χ3n) is 6.92. The van der Waals surface area contributed by atoms with E-state index in [0.717, 1.165) is 10.8 Å². The number of rotatable bonds is 15. The molecule has 0 bridgehead atoms. The molecule has 0 saturated carbocycles. The highest BCUT2D eigenvalue weighted by Gasteiger charge is 2.36. The number of nitrogens with zero attached hydrogens (tertiary/aromatic N) is 1. The Morgan fingerprint density at radius 1 is 1.02 bits per heavy atom. The highest BCUT2D eigenvalue weighted by atomic mass is 32.3. The van der Waals surface area contributed by atoms with Crippen molar-refractivity contribution in [3.05, 3.63) is 42.5 Å². The molecule has 0 radical (unpaired) electrons. The van der Waals surface area contributed by atoms with Gasteiger partial charge in [0.25, 0.3) is 0 Å². The molecule has 0 aromatic heterocycles. The second-order valence-electron chi connectivity index (χ2n) is 10.4. The summed E-state index contributed by atoms with van der Waals surface area (Å²) in [5, 5.41) is 14.3. The first-order valence-corrected chi connectivity index (χ1v) is 17.1. The number of aldehydes is 1. The standard InChI is InChI=1S/C27H39N7O5S.H2O4S/c28-23(10-3-4-15-32-40(38,39)22-13-12-19-7-1-2-8-20(19)17-22)26(37)34-16-6-11-24(34)25(36)33-21(18-35)9-5-14-31-27(29)30;1-5(2,3)4/h1-2,7-8,12-13,17-18,21,23-24,32H,3-6,9-11,14-16,28H2,(H,33,36)(H4,29,30,31);(H2,1,2,3,4)/t21-,23+,24-;/m0./s1. The summed E-state index contributed by atoms with van der Waals surface area (Å²) in [6.45, 7) is 1.02. The average Bonchev–Trinajstić information content (AvgIpc) is 3.47. The van der Waals surface area contributed by atoms with Crippen molar-refractivity contribution in [1.29, 1.82) is 5.41 Å². The van der Waals surface area contributed by atoms with Crippen LogP contribution in [0.2, 0.25) is 0 Å². The van der Waals surface area contributed by atoms with Gasteiger partial charge in [-0.15, -0.1) is 0 Å². The van der Waals surface area contributed by atoms with E-state index in [1.165, 1.54) is 4.90 Å². The number of fused-ring (bicyclic) bond motifs is 1. The molecule has 1 aliphatic heterocycles. The Morgan fingerprint density at radius 3 is 2.33 bits per heavy atom. The number of nitrogens with one attached hydrogen (secondary N) is 4. The fourth-order valence-corrected chi connectivity index (χ4v) is 5.86. The van der Waals surface area contributed by atoms with E-state index in [1.54, 1.807) is 18.2 Å². The fourth-order valence-electron chi connectivity index (χ4n) is 4.75. The molecule has 18 heteroatoms. The van der Waals surface area contributed by atoms with Crippen molar-refractivity contribution in [1.82, 2.24) is 20.3 Å². The molecule has 0 unspecified atom stereocenters. The minimum Gasteiger partial charge on any atom is -0.370 e. The molecule has 1 heterocycles. The number of sulfonamides is 1. The number of carbonyl (C=O) groups excluding carboxylic acids is 3. The van der Waals surface area contributed by atoms with Crippen LogP contribution >= 0.6 is 0 Å². The Hall–Kier alpha value is -3.68. The molecular weight excluding hydrogens is 630 g/mol. The molecule has 250 valence electrons. The first-order valence-electron chi connectivity index (χ1n) is 14.2. The van der Waals surface area contributed by atoms with Gasteiger partial charge in [0, 0.05) is 19.6 Å². The number of nitrogens with two attached hydrogens (primary N) is 2. The van der Waals surface area contributed by atoms with Gasteiger partial charge >= 0.3 is 10.4 Å². The van der Waals surface area contributed by atoms with Crippen molar-refractivity contribution in [2.45, 2.75) is 68.0 Å². The fraction of sp³-hybridized carbons (Fsp3) is 0.481. The molecule has 0 aliphatic carbocycles. The van der Waals surface area contributed by atoms with Crippen molar-refractivity contribution in [2.75, 3.05) is 19.6 Å². The van der Waals surface area contributed by atoms with Gasteiger partial charge in [0.2, 0.25) is 21.8 Å². The second-order valence-corrected chi connectivity index (χ2v) is 13.0. The third-order valence-corrected chi connectivity index (χ3v) is 8.38. The van der Waals surface area contributed by atoms with Gasteiger partial charge in [-0.05, 0) is 61.4 Å². The van der Waals surface area contributed by atoms with E-state index < -0.39 is 44.5 Å². The molecule has 10 N–H and O–H groups in total. The molecule has 1 aliphatic rings. The summed E-state index contributed by atoms with van der Waals surface area (Å²) >= 11 is 0. The van der Waals surface area contributed by atoms with Gasteiger partial charge in [-0.25, -0.2) is 13.1 Å². The summed E-state index contributed by atoms with van der Waals surface area (Å²) in [5.41, 5.74) is 11.4. The Bertz CT molecular complexity index is 1530. The molecule has 2 aromatic carbocycles. The molecule has 3 atom stereocenters. The smallest absolute Gasteiger partial charge is 0.370 e. The quantitative estimate of drug-likeness (QED) is 0.0405. The lowest BCUT2D eigenvalue weighted by Crippen LogP contribution is -2.53.